The first-order valence-electron chi connectivity index (χ1n) is 15.2. The van der Waals surface area contributed by atoms with E-state index in [4.69, 9.17) is 14.2 Å². The number of fused-ring (bicyclic) bond motifs is 2. The number of methoxy groups -OCH3 is 2. The normalized spacial score (nSPS) is 18.2. The van der Waals surface area contributed by atoms with Crippen LogP contribution in [0.1, 0.15) is 45.5 Å². The van der Waals surface area contributed by atoms with Crippen molar-refractivity contribution in [3.05, 3.63) is 94.0 Å². The summed E-state index contributed by atoms with van der Waals surface area (Å²) >= 11 is 0. The molecule has 2 unspecified atom stereocenters. The van der Waals surface area contributed by atoms with Gasteiger partial charge < -0.3 is 34.6 Å². The van der Waals surface area contributed by atoms with Crippen LogP contribution in [0.15, 0.2) is 60.7 Å². The third-order valence-corrected chi connectivity index (χ3v) is 9.28. The van der Waals surface area contributed by atoms with Gasteiger partial charge in [0.2, 0.25) is 0 Å². The summed E-state index contributed by atoms with van der Waals surface area (Å²) < 4.78 is 17.0. The number of phenols is 4. The average molecular weight is 613 g/mol. The van der Waals surface area contributed by atoms with Crippen LogP contribution in [0.2, 0.25) is 0 Å². The molecule has 4 N–H and O–H groups in total. The number of aromatic hydroxyl groups is 4. The minimum atomic E-state index is -0.260. The summed E-state index contributed by atoms with van der Waals surface area (Å²) in [5, 5.41) is 41.8. The second kappa shape index (κ2) is 12.4. The summed E-state index contributed by atoms with van der Waals surface area (Å²) in [6, 6.07) is 18.3. The predicted molar refractivity (Wildman–Crippen MR) is 171 cm³/mol. The van der Waals surface area contributed by atoms with Crippen molar-refractivity contribution in [3.8, 4) is 46.0 Å². The Balaban J connectivity index is 1.23. The first-order chi connectivity index (χ1) is 21.6. The molecule has 4 aromatic carbocycles. The Hall–Kier alpha value is -4.60. The molecular weight excluding hydrogens is 572 g/mol. The molecule has 2 heterocycles. The van der Waals surface area contributed by atoms with E-state index < -0.39 is 0 Å². The Bertz CT molecular complexity index is 1710. The molecule has 2 atom stereocenters. The van der Waals surface area contributed by atoms with Crippen LogP contribution in [-0.4, -0.2) is 71.6 Å². The molecule has 0 saturated carbocycles. The van der Waals surface area contributed by atoms with Crippen LogP contribution in [0.25, 0.3) is 0 Å². The highest BCUT2D eigenvalue weighted by atomic mass is 16.5. The summed E-state index contributed by atoms with van der Waals surface area (Å²) in [7, 11) is 7.25. The molecule has 0 saturated heterocycles. The highest BCUT2D eigenvalue weighted by molar-refractivity contribution is 5.53. The van der Waals surface area contributed by atoms with E-state index in [0.29, 0.717) is 29.4 Å². The molecule has 9 nitrogen and oxygen atoms in total. The van der Waals surface area contributed by atoms with Gasteiger partial charge in [-0.05, 0) is 110 Å². The summed E-state index contributed by atoms with van der Waals surface area (Å²) in [6.07, 6.45) is 2.96. The van der Waals surface area contributed by atoms with Gasteiger partial charge in [0.25, 0.3) is 0 Å². The van der Waals surface area contributed by atoms with Crippen LogP contribution in [0.3, 0.4) is 0 Å². The van der Waals surface area contributed by atoms with E-state index in [1.54, 1.807) is 26.4 Å². The van der Waals surface area contributed by atoms with E-state index in [1.165, 1.54) is 11.6 Å². The number of rotatable bonds is 8. The van der Waals surface area contributed by atoms with Gasteiger partial charge in [-0.15, -0.1) is 0 Å². The quantitative estimate of drug-likeness (QED) is 0.182. The second-order valence-electron chi connectivity index (χ2n) is 12.0. The maximum atomic E-state index is 10.5. The van der Waals surface area contributed by atoms with Gasteiger partial charge in [0.1, 0.15) is 11.5 Å². The van der Waals surface area contributed by atoms with Gasteiger partial charge in [-0.25, -0.2) is 0 Å². The molecule has 0 aromatic heterocycles. The van der Waals surface area contributed by atoms with Crippen molar-refractivity contribution in [2.75, 3.05) is 41.4 Å². The van der Waals surface area contributed by atoms with E-state index in [9.17, 15) is 20.4 Å². The molecule has 0 amide bonds. The lowest BCUT2D eigenvalue weighted by atomic mass is 9.88. The zero-order valence-corrected chi connectivity index (χ0v) is 26.1. The SMILES string of the molecule is COc1cc2c(cc1O)C(Cc1ccc(Oc3cc(O)c(O)cc3CC3c4cc(O)c(OC)cc4CCN3C)cc1)N(C)CC2. The van der Waals surface area contributed by atoms with E-state index >= 15 is 0 Å². The smallest absolute Gasteiger partial charge is 0.161 e. The lowest BCUT2D eigenvalue weighted by Crippen LogP contribution is -2.33. The van der Waals surface area contributed by atoms with Gasteiger partial charge in [0, 0.05) is 36.8 Å². The van der Waals surface area contributed by atoms with Crippen LogP contribution in [0.5, 0.6) is 46.0 Å². The summed E-state index contributed by atoms with van der Waals surface area (Å²) in [6.45, 7) is 1.73. The third kappa shape index (κ3) is 6.06. The molecule has 236 valence electrons. The summed E-state index contributed by atoms with van der Waals surface area (Å²) in [5.74, 6) is 1.74. The van der Waals surface area contributed by atoms with Crippen molar-refractivity contribution in [3.63, 3.8) is 0 Å². The molecular formula is C36H40N2O7. The predicted octanol–water partition coefficient (Wildman–Crippen LogP) is 5.86. The fourth-order valence-corrected chi connectivity index (χ4v) is 6.65. The first-order valence-corrected chi connectivity index (χ1v) is 15.2. The molecule has 0 bridgehead atoms. The van der Waals surface area contributed by atoms with Gasteiger partial charge in [0.15, 0.2) is 34.5 Å². The van der Waals surface area contributed by atoms with Crippen molar-refractivity contribution >= 4 is 0 Å². The zero-order chi connectivity index (χ0) is 31.8. The molecule has 45 heavy (non-hydrogen) atoms. The van der Waals surface area contributed by atoms with Crippen molar-refractivity contribution in [1.82, 2.24) is 9.80 Å². The largest absolute Gasteiger partial charge is 0.504 e. The topological polar surface area (TPSA) is 115 Å². The Labute approximate surface area is 263 Å². The maximum absolute atomic E-state index is 10.5. The second-order valence-corrected chi connectivity index (χ2v) is 12.0. The van der Waals surface area contributed by atoms with E-state index in [0.717, 1.165) is 60.2 Å². The average Bonchev–Trinajstić information content (AvgIpc) is 3.02. The van der Waals surface area contributed by atoms with Crippen molar-refractivity contribution in [2.24, 2.45) is 0 Å². The molecule has 0 spiro atoms. The Morgan fingerprint density at radius 1 is 0.622 bits per heavy atom. The number of benzene rings is 4. The molecule has 0 fully saturated rings. The Morgan fingerprint density at radius 3 is 1.67 bits per heavy atom. The van der Waals surface area contributed by atoms with Crippen LogP contribution in [0.4, 0.5) is 0 Å². The number of hydrogen-bond acceptors (Lipinski definition) is 9. The minimum absolute atomic E-state index is 0.0844. The van der Waals surface area contributed by atoms with Gasteiger partial charge in [-0.1, -0.05) is 12.1 Å². The Kier molecular flexibility index (Phi) is 8.40. The molecule has 0 aliphatic carbocycles. The standard InChI is InChI=1S/C36H40N2O7/c1-37-11-9-22-16-35(43-3)32(41)18-26(22)28(37)13-21-5-7-25(8-6-21)45-34-20-31(40)30(39)15-24(34)14-29-27-19-33(42)36(44-4)17-23(27)10-12-38(29)2/h5-8,15-20,28-29,39-42H,9-14H2,1-4H3. The third-order valence-electron chi connectivity index (χ3n) is 9.28. The van der Waals surface area contributed by atoms with E-state index in [-0.39, 0.29) is 35.1 Å². The van der Waals surface area contributed by atoms with Gasteiger partial charge in [-0.3, -0.25) is 9.80 Å². The molecule has 4 aromatic rings. The van der Waals surface area contributed by atoms with Crippen molar-refractivity contribution in [2.45, 2.75) is 37.8 Å². The Morgan fingerprint density at radius 2 is 1.13 bits per heavy atom. The molecule has 2 aliphatic heterocycles. The highest BCUT2D eigenvalue weighted by Gasteiger charge is 2.29. The molecule has 6 rings (SSSR count). The van der Waals surface area contributed by atoms with Crippen molar-refractivity contribution < 1.29 is 34.6 Å². The number of hydrogen-bond donors (Lipinski definition) is 4. The zero-order valence-electron chi connectivity index (χ0n) is 26.1. The van der Waals surface area contributed by atoms with Crippen molar-refractivity contribution in [1.29, 1.82) is 0 Å². The molecule has 9 heteroatoms. The number of nitrogens with zero attached hydrogens (tertiary/aromatic N) is 2. The van der Waals surface area contributed by atoms with Gasteiger partial charge in [0.05, 0.1) is 14.2 Å². The van der Waals surface area contributed by atoms with Crippen LogP contribution < -0.4 is 14.2 Å². The lowest BCUT2D eigenvalue weighted by Gasteiger charge is -2.35. The number of phenolic OH excluding ortho intramolecular Hbond substituents is 4. The fraction of sp³-hybridized carbons (Fsp3) is 0.333. The van der Waals surface area contributed by atoms with Crippen LogP contribution >= 0.6 is 0 Å². The first kappa shape index (κ1) is 30.4. The molecule has 0 radical (unpaired) electrons. The van der Waals surface area contributed by atoms with Gasteiger partial charge >= 0.3 is 0 Å². The van der Waals surface area contributed by atoms with E-state index in [2.05, 4.69) is 16.8 Å². The van der Waals surface area contributed by atoms with Crippen LogP contribution in [0, 0.1) is 0 Å². The fourth-order valence-electron chi connectivity index (χ4n) is 6.65. The van der Waals surface area contributed by atoms with E-state index in [1.807, 2.05) is 49.5 Å². The lowest BCUT2D eigenvalue weighted by molar-refractivity contribution is 0.227. The van der Waals surface area contributed by atoms with Gasteiger partial charge in [-0.2, -0.15) is 0 Å². The number of ether oxygens (including phenoxy) is 3. The molecule has 2 aliphatic rings. The monoisotopic (exact) mass is 612 g/mol. The van der Waals surface area contributed by atoms with Crippen LogP contribution in [-0.2, 0) is 25.7 Å². The number of likely N-dealkylation sites (N-methyl/N-ethyl adjacent to an activating group) is 2. The minimum Gasteiger partial charge on any atom is -0.504 e. The summed E-state index contributed by atoms with van der Waals surface area (Å²) in [4.78, 5) is 4.52. The highest BCUT2D eigenvalue weighted by Crippen LogP contribution is 2.43. The summed E-state index contributed by atoms with van der Waals surface area (Å²) in [5.41, 5.74) is 6.23. The maximum Gasteiger partial charge on any atom is 0.161 e.